The topological polar surface area (TPSA) is 82.1 Å². The van der Waals surface area contributed by atoms with Crippen LogP contribution in [-0.2, 0) is 11.8 Å². The van der Waals surface area contributed by atoms with Gasteiger partial charge in [-0.1, -0.05) is 0 Å². The van der Waals surface area contributed by atoms with Gasteiger partial charge in [-0.25, -0.2) is 4.98 Å². The summed E-state index contributed by atoms with van der Waals surface area (Å²) in [5, 5.41) is 4.33. The summed E-state index contributed by atoms with van der Waals surface area (Å²) in [6.45, 7) is 2.33. The highest BCUT2D eigenvalue weighted by molar-refractivity contribution is 9.10. The molecule has 2 aliphatic rings. The first-order chi connectivity index (χ1) is 11.1. The molecule has 0 aliphatic carbocycles. The Morgan fingerprint density at radius 2 is 2.09 bits per heavy atom. The van der Waals surface area contributed by atoms with Crippen LogP contribution in [0, 0.1) is 0 Å². The molecule has 0 atom stereocenters. The minimum Gasteiger partial charge on any atom is -0.382 e. The number of fused-ring (bicyclic) bond motifs is 1. The van der Waals surface area contributed by atoms with Crippen LogP contribution in [0.15, 0.2) is 4.60 Å². The smallest absolute Gasteiger partial charge is 0.228 e. The SMILES string of the molecule is Cn1nc(Br)c2nc(N3CCOC4(CCSCC4)C3)nc(N)c21. The van der Waals surface area contributed by atoms with Crippen LogP contribution in [0.4, 0.5) is 11.8 Å². The second kappa shape index (κ2) is 5.78. The van der Waals surface area contributed by atoms with Crippen LogP contribution in [0.5, 0.6) is 0 Å². The molecular weight excluding hydrogens is 380 g/mol. The Morgan fingerprint density at radius 3 is 2.87 bits per heavy atom. The Labute approximate surface area is 147 Å². The molecule has 0 amide bonds. The van der Waals surface area contributed by atoms with Gasteiger partial charge in [0.15, 0.2) is 10.4 Å². The first-order valence-electron chi connectivity index (χ1n) is 7.70. The van der Waals surface area contributed by atoms with Crippen LogP contribution in [0.25, 0.3) is 11.0 Å². The number of nitrogens with two attached hydrogens (primary N) is 1. The van der Waals surface area contributed by atoms with Gasteiger partial charge in [-0.3, -0.25) is 4.68 Å². The van der Waals surface area contributed by atoms with Crippen molar-refractivity contribution in [2.45, 2.75) is 18.4 Å². The molecule has 9 heteroatoms. The third-order valence-corrected chi connectivity index (χ3v) is 6.11. The molecule has 0 bridgehead atoms. The number of aryl methyl sites for hydroxylation is 1. The molecule has 2 fully saturated rings. The van der Waals surface area contributed by atoms with E-state index in [9.17, 15) is 0 Å². The molecule has 23 heavy (non-hydrogen) atoms. The zero-order valence-electron chi connectivity index (χ0n) is 13.0. The van der Waals surface area contributed by atoms with Crippen LogP contribution in [0.1, 0.15) is 12.8 Å². The van der Waals surface area contributed by atoms with Gasteiger partial charge in [-0.05, 0) is 40.3 Å². The first-order valence-corrected chi connectivity index (χ1v) is 9.65. The number of nitrogens with zero attached hydrogens (tertiary/aromatic N) is 5. The van der Waals surface area contributed by atoms with Crippen molar-refractivity contribution in [1.82, 2.24) is 19.7 Å². The molecule has 124 valence electrons. The number of nitrogen functional groups attached to an aromatic ring is 1. The van der Waals surface area contributed by atoms with Crippen molar-refractivity contribution in [3.05, 3.63) is 4.60 Å². The molecule has 4 rings (SSSR count). The first kappa shape index (κ1) is 15.5. The number of thioether (sulfide) groups is 1. The van der Waals surface area contributed by atoms with Gasteiger partial charge in [0.1, 0.15) is 11.0 Å². The lowest BCUT2D eigenvalue weighted by atomic mass is 9.94. The van der Waals surface area contributed by atoms with Crippen LogP contribution in [-0.4, -0.2) is 56.6 Å². The maximum absolute atomic E-state index is 6.15. The number of ether oxygens (including phenoxy) is 1. The number of morpholine rings is 1. The lowest BCUT2D eigenvalue weighted by Crippen LogP contribution is -2.54. The molecule has 2 aromatic heterocycles. The average molecular weight is 399 g/mol. The monoisotopic (exact) mass is 398 g/mol. The predicted molar refractivity (Wildman–Crippen MR) is 95.9 cm³/mol. The highest BCUT2D eigenvalue weighted by atomic mass is 79.9. The average Bonchev–Trinajstić information content (AvgIpc) is 2.83. The molecule has 2 saturated heterocycles. The quantitative estimate of drug-likeness (QED) is 0.783. The second-order valence-corrected chi connectivity index (χ2v) is 8.06. The Morgan fingerprint density at radius 1 is 1.30 bits per heavy atom. The van der Waals surface area contributed by atoms with E-state index in [0.717, 1.165) is 48.5 Å². The van der Waals surface area contributed by atoms with Gasteiger partial charge in [0, 0.05) is 13.6 Å². The Kier molecular flexibility index (Phi) is 3.89. The van der Waals surface area contributed by atoms with E-state index in [0.29, 0.717) is 23.0 Å². The van der Waals surface area contributed by atoms with Crippen LogP contribution in [0.2, 0.25) is 0 Å². The number of aromatic nitrogens is 4. The zero-order valence-corrected chi connectivity index (χ0v) is 15.4. The molecule has 2 aliphatic heterocycles. The minimum atomic E-state index is -0.0528. The summed E-state index contributed by atoms with van der Waals surface area (Å²) in [5.74, 6) is 3.45. The van der Waals surface area contributed by atoms with E-state index in [4.69, 9.17) is 15.5 Å². The zero-order chi connectivity index (χ0) is 16.0. The van der Waals surface area contributed by atoms with Crippen molar-refractivity contribution in [2.75, 3.05) is 41.8 Å². The number of halogens is 1. The van der Waals surface area contributed by atoms with E-state index in [1.54, 1.807) is 4.68 Å². The molecule has 2 aromatic rings. The number of hydrogen-bond acceptors (Lipinski definition) is 7. The fourth-order valence-corrected chi connectivity index (χ4v) is 5.11. The largest absolute Gasteiger partial charge is 0.382 e. The lowest BCUT2D eigenvalue weighted by Gasteiger charge is -2.44. The fraction of sp³-hybridized carbons (Fsp3) is 0.643. The molecule has 0 radical (unpaired) electrons. The van der Waals surface area contributed by atoms with Crippen molar-refractivity contribution in [3.8, 4) is 0 Å². The second-order valence-electron chi connectivity index (χ2n) is 6.09. The van der Waals surface area contributed by atoms with Crippen molar-refractivity contribution < 1.29 is 4.74 Å². The number of hydrogen-bond donors (Lipinski definition) is 1. The number of anilines is 2. The summed E-state index contributed by atoms with van der Waals surface area (Å²) in [6, 6.07) is 0. The highest BCUT2D eigenvalue weighted by Gasteiger charge is 2.39. The maximum Gasteiger partial charge on any atom is 0.228 e. The highest BCUT2D eigenvalue weighted by Crippen LogP contribution is 2.35. The van der Waals surface area contributed by atoms with Crippen molar-refractivity contribution >= 4 is 50.5 Å². The van der Waals surface area contributed by atoms with Crippen LogP contribution < -0.4 is 10.6 Å². The minimum absolute atomic E-state index is 0.0528. The molecule has 0 aromatic carbocycles. The summed E-state index contributed by atoms with van der Waals surface area (Å²) in [5.41, 5.74) is 7.62. The van der Waals surface area contributed by atoms with Gasteiger partial charge < -0.3 is 15.4 Å². The fourth-order valence-electron chi connectivity index (χ4n) is 3.35. The van der Waals surface area contributed by atoms with E-state index in [1.807, 2.05) is 18.8 Å². The molecular formula is C14H19BrN6OS. The van der Waals surface area contributed by atoms with Crippen molar-refractivity contribution in [2.24, 2.45) is 7.05 Å². The summed E-state index contributed by atoms with van der Waals surface area (Å²) < 4.78 is 8.54. The van der Waals surface area contributed by atoms with Crippen LogP contribution in [0.3, 0.4) is 0 Å². The standard InChI is InChI=1S/C14H19BrN6OS/c1-20-10-9(11(15)19-20)17-13(18-12(10)16)21-4-5-22-14(8-21)2-6-23-7-3-14/h2-8H2,1H3,(H2,16,17,18). The third-order valence-electron chi connectivity index (χ3n) is 4.59. The summed E-state index contributed by atoms with van der Waals surface area (Å²) in [7, 11) is 1.84. The van der Waals surface area contributed by atoms with Crippen molar-refractivity contribution in [3.63, 3.8) is 0 Å². The molecule has 0 saturated carbocycles. The summed E-state index contributed by atoms with van der Waals surface area (Å²) in [4.78, 5) is 11.4. The van der Waals surface area contributed by atoms with Gasteiger partial charge >= 0.3 is 0 Å². The van der Waals surface area contributed by atoms with E-state index in [2.05, 4.69) is 30.9 Å². The lowest BCUT2D eigenvalue weighted by molar-refractivity contribution is -0.0610. The third kappa shape index (κ3) is 2.68. The number of rotatable bonds is 1. The summed E-state index contributed by atoms with van der Waals surface area (Å²) in [6.07, 6.45) is 2.17. The molecule has 1 spiro atoms. The maximum atomic E-state index is 6.15. The molecule has 2 N–H and O–H groups in total. The van der Waals surface area contributed by atoms with Gasteiger partial charge in [-0.2, -0.15) is 21.8 Å². The predicted octanol–water partition coefficient (Wildman–Crippen LogP) is 1.81. The normalized spacial score (nSPS) is 21.2. The van der Waals surface area contributed by atoms with E-state index in [1.165, 1.54) is 0 Å². The summed E-state index contributed by atoms with van der Waals surface area (Å²) >= 11 is 5.46. The van der Waals surface area contributed by atoms with E-state index >= 15 is 0 Å². The van der Waals surface area contributed by atoms with Gasteiger partial charge in [0.2, 0.25) is 5.95 Å². The molecule has 4 heterocycles. The Bertz CT molecular complexity index is 739. The van der Waals surface area contributed by atoms with Crippen LogP contribution >= 0.6 is 27.7 Å². The van der Waals surface area contributed by atoms with Gasteiger partial charge in [0.25, 0.3) is 0 Å². The van der Waals surface area contributed by atoms with E-state index < -0.39 is 0 Å². The Hall–Kier alpha value is -1.06. The molecule has 7 nitrogen and oxygen atoms in total. The van der Waals surface area contributed by atoms with Gasteiger partial charge in [-0.15, -0.1) is 0 Å². The van der Waals surface area contributed by atoms with Crippen molar-refractivity contribution in [1.29, 1.82) is 0 Å². The van der Waals surface area contributed by atoms with E-state index in [-0.39, 0.29) is 5.60 Å². The molecule has 0 unspecified atom stereocenters. The Balaban J connectivity index is 1.69. The van der Waals surface area contributed by atoms with Gasteiger partial charge in [0.05, 0.1) is 18.8 Å².